The summed E-state index contributed by atoms with van der Waals surface area (Å²) in [5, 5.41) is 2.80. The van der Waals surface area contributed by atoms with Gasteiger partial charge in [0.25, 0.3) is 11.8 Å². The van der Waals surface area contributed by atoms with Crippen molar-refractivity contribution in [2.75, 3.05) is 7.05 Å². The van der Waals surface area contributed by atoms with Gasteiger partial charge in [-0.15, -0.1) is 5.06 Å². The maximum Gasteiger partial charge on any atom is 0.333 e. The lowest BCUT2D eigenvalue weighted by Crippen LogP contribution is -2.32. The molecule has 0 saturated carbocycles. The maximum atomic E-state index is 11.2. The molecule has 0 aliphatic carbocycles. The molecule has 1 fully saturated rings. The lowest BCUT2D eigenvalue weighted by atomic mass is 10.3. The summed E-state index contributed by atoms with van der Waals surface area (Å²) in [6.45, 7) is 0. The minimum absolute atomic E-state index is 0.0362. The molecular weight excluding hydrogens is 216 g/mol. The van der Waals surface area contributed by atoms with E-state index in [-0.39, 0.29) is 31.6 Å². The molecule has 0 aromatic heterocycles. The molecule has 1 aliphatic rings. The summed E-state index contributed by atoms with van der Waals surface area (Å²) in [6.07, 6.45) is -0.0919. The predicted octanol–water partition coefficient (Wildman–Crippen LogP) is -0.880. The number of hydrogen-bond acceptors (Lipinski definition) is 5. The summed E-state index contributed by atoms with van der Waals surface area (Å²) in [5.41, 5.74) is 0. The van der Waals surface area contributed by atoms with E-state index < -0.39 is 17.8 Å². The van der Waals surface area contributed by atoms with E-state index in [1.54, 1.807) is 0 Å². The molecule has 7 heteroatoms. The van der Waals surface area contributed by atoms with Gasteiger partial charge in [0.1, 0.15) is 0 Å². The van der Waals surface area contributed by atoms with Gasteiger partial charge in [0.15, 0.2) is 0 Å². The zero-order valence-corrected chi connectivity index (χ0v) is 8.82. The van der Waals surface area contributed by atoms with Gasteiger partial charge in [-0.2, -0.15) is 0 Å². The molecule has 3 amide bonds. The first-order chi connectivity index (χ1) is 7.54. The fourth-order valence-corrected chi connectivity index (χ4v) is 1.15. The Balaban J connectivity index is 2.36. The summed E-state index contributed by atoms with van der Waals surface area (Å²) < 4.78 is 0. The number of nitrogens with zero attached hydrogens (tertiary/aromatic N) is 1. The van der Waals surface area contributed by atoms with E-state index in [2.05, 4.69) is 10.2 Å². The molecule has 0 bridgehead atoms. The number of hydroxylamine groups is 2. The Morgan fingerprint density at radius 2 is 1.81 bits per heavy atom. The van der Waals surface area contributed by atoms with E-state index in [0.29, 0.717) is 5.06 Å². The highest BCUT2D eigenvalue weighted by molar-refractivity contribution is 6.01. The van der Waals surface area contributed by atoms with E-state index in [0.717, 1.165) is 0 Å². The van der Waals surface area contributed by atoms with Crippen LogP contribution in [0.2, 0.25) is 0 Å². The van der Waals surface area contributed by atoms with Gasteiger partial charge >= 0.3 is 5.97 Å². The minimum atomic E-state index is -0.771. The van der Waals surface area contributed by atoms with Crippen molar-refractivity contribution in [3.8, 4) is 0 Å². The standard InChI is InChI=1S/C9H12N2O5/c1-10-6(12)2-5-9(15)16-11-7(13)3-4-8(11)14/h2-5H2,1H3,(H,10,12). The fraction of sp³-hybridized carbons (Fsp3) is 0.556. The highest BCUT2D eigenvalue weighted by Gasteiger charge is 2.32. The molecule has 16 heavy (non-hydrogen) atoms. The van der Waals surface area contributed by atoms with Gasteiger partial charge in [-0.25, -0.2) is 4.79 Å². The second-order valence-electron chi connectivity index (χ2n) is 3.22. The Kier molecular flexibility index (Phi) is 3.98. The molecule has 7 nitrogen and oxygen atoms in total. The Labute approximate surface area is 91.7 Å². The third-order valence-corrected chi connectivity index (χ3v) is 2.03. The average molecular weight is 228 g/mol. The summed E-state index contributed by atoms with van der Waals surface area (Å²) >= 11 is 0. The topological polar surface area (TPSA) is 92.8 Å². The number of imide groups is 1. The number of nitrogens with one attached hydrogen (secondary N) is 1. The third-order valence-electron chi connectivity index (χ3n) is 2.03. The number of carbonyl (C=O) groups is 4. The number of rotatable bonds is 4. The van der Waals surface area contributed by atoms with E-state index in [9.17, 15) is 19.2 Å². The molecule has 1 aliphatic heterocycles. The van der Waals surface area contributed by atoms with Crippen LogP contribution in [0.15, 0.2) is 0 Å². The second-order valence-corrected chi connectivity index (χ2v) is 3.22. The summed E-state index contributed by atoms with van der Waals surface area (Å²) in [5.74, 6) is -2.14. The van der Waals surface area contributed by atoms with Crippen LogP contribution in [0.1, 0.15) is 25.7 Å². The number of hydrogen-bond donors (Lipinski definition) is 1. The number of amides is 3. The molecule has 0 aromatic carbocycles. The van der Waals surface area contributed by atoms with Crippen LogP contribution in [-0.2, 0) is 24.0 Å². The third kappa shape index (κ3) is 3.04. The van der Waals surface area contributed by atoms with Gasteiger partial charge < -0.3 is 10.2 Å². The van der Waals surface area contributed by atoms with Crippen LogP contribution < -0.4 is 5.32 Å². The minimum Gasteiger partial charge on any atom is -0.359 e. The van der Waals surface area contributed by atoms with Gasteiger partial charge in [0.05, 0.1) is 6.42 Å². The van der Waals surface area contributed by atoms with Crippen molar-refractivity contribution in [1.29, 1.82) is 0 Å². The van der Waals surface area contributed by atoms with Crippen LogP contribution >= 0.6 is 0 Å². The summed E-state index contributed by atoms with van der Waals surface area (Å²) in [4.78, 5) is 48.7. The first kappa shape index (κ1) is 12.2. The molecule has 0 radical (unpaired) electrons. The van der Waals surface area contributed by atoms with Crippen LogP contribution in [0.5, 0.6) is 0 Å². The van der Waals surface area contributed by atoms with Crippen LogP contribution in [0.4, 0.5) is 0 Å². The molecular formula is C9H12N2O5. The zero-order chi connectivity index (χ0) is 12.1. The normalized spacial score (nSPS) is 15.2. The van der Waals surface area contributed by atoms with Crippen molar-refractivity contribution in [1.82, 2.24) is 10.4 Å². The Bertz CT molecular complexity index is 323. The van der Waals surface area contributed by atoms with Crippen molar-refractivity contribution in [2.24, 2.45) is 0 Å². The van der Waals surface area contributed by atoms with Gasteiger partial charge in [0, 0.05) is 26.3 Å². The van der Waals surface area contributed by atoms with Gasteiger partial charge in [-0.05, 0) is 0 Å². The smallest absolute Gasteiger partial charge is 0.333 e. The van der Waals surface area contributed by atoms with Crippen molar-refractivity contribution in [2.45, 2.75) is 25.7 Å². The van der Waals surface area contributed by atoms with Crippen molar-refractivity contribution in [3.05, 3.63) is 0 Å². The molecule has 88 valence electrons. The van der Waals surface area contributed by atoms with Crippen molar-refractivity contribution in [3.63, 3.8) is 0 Å². The molecule has 0 spiro atoms. The highest BCUT2D eigenvalue weighted by Crippen LogP contribution is 2.12. The van der Waals surface area contributed by atoms with Crippen LogP contribution in [0.25, 0.3) is 0 Å². The first-order valence-corrected chi connectivity index (χ1v) is 4.81. The SMILES string of the molecule is CNC(=O)CCC(=O)ON1C(=O)CCC1=O. The van der Waals surface area contributed by atoms with Crippen LogP contribution in [-0.4, -0.2) is 35.8 Å². The van der Waals surface area contributed by atoms with Gasteiger partial charge in [-0.1, -0.05) is 0 Å². The van der Waals surface area contributed by atoms with E-state index >= 15 is 0 Å². The largest absolute Gasteiger partial charge is 0.359 e. The van der Waals surface area contributed by atoms with Crippen molar-refractivity contribution < 1.29 is 24.0 Å². The maximum absolute atomic E-state index is 11.2. The molecule has 1 rings (SSSR count). The number of carbonyl (C=O) groups excluding carboxylic acids is 4. The molecule has 1 heterocycles. The molecule has 0 atom stereocenters. The highest BCUT2D eigenvalue weighted by atomic mass is 16.7. The average Bonchev–Trinajstić information content (AvgIpc) is 2.57. The molecule has 0 unspecified atom stereocenters. The zero-order valence-electron chi connectivity index (χ0n) is 8.82. The summed E-state index contributed by atoms with van der Waals surface area (Å²) in [7, 11) is 1.45. The first-order valence-electron chi connectivity index (χ1n) is 4.81. The predicted molar refractivity (Wildman–Crippen MR) is 50.5 cm³/mol. The Morgan fingerprint density at radius 3 is 2.31 bits per heavy atom. The quantitative estimate of drug-likeness (QED) is 0.631. The summed E-state index contributed by atoms with van der Waals surface area (Å²) in [6, 6.07) is 0. The Hall–Kier alpha value is -1.92. The molecule has 1 N–H and O–H groups in total. The van der Waals surface area contributed by atoms with E-state index in [4.69, 9.17) is 0 Å². The van der Waals surface area contributed by atoms with Crippen molar-refractivity contribution >= 4 is 23.7 Å². The second kappa shape index (κ2) is 5.24. The van der Waals surface area contributed by atoms with E-state index in [1.165, 1.54) is 7.05 Å². The molecule has 0 aromatic rings. The fourth-order valence-electron chi connectivity index (χ4n) is 1.15. The lowest BCUT2D eigenvalue weighted by Gasteiger charge is -2.12. The Morgan fingerprint density at radius 1 is 1.25 bits per heavy atom. The van der Waals surface area contributed by atoms with Gasteiger partial charge in [0.2, 0.25) is 5.91 Å². The van der Waals surface area contributed by atoms with Crippen LogP contribution in [0, 0.1) is 0 Å². The monoisotopic (exact) mass is 228 g/mol. The van der Waals surface area contributed by atoms with Gasteiger partial charge in [-0.3, -0.25) is 14.4 Å². The van der Waals surface area contributed by atoms with Crippen LogP contribution in [0.3, 0.4) is 0 Å². The molecule has 1 saturated heterocycles. The lowest BCUT2D eigenvalue weighted by molar-refractivity contribution is -0.197. The van der Waals surface area contributed by atoms with E-state index in [1.807, 2.05) is 0 Å².